The van der Waals surface area contributed by atoms with Crippen molar-refractivity contribution in [3.8, 4) is 22.6 Å². The number of carbonyl (C=O) groups is 1. The highest BCUT2D eigenvalue weighted by molar-refractivity contribution is 5.97. The Balaban J connectivity index is 1.24. The van der Waals surface area contributed by atoms with Crippen molar-refractivity contribution in [1.82, 2.24) is 19.8 Å². The molecule has 0 saturated carbocycles. The van der Waals surface area contributed by atoms with Gasteiger partial charge in [-0.25, -0.2) is 9.37 Å². The first kappa shape index (κ1) is 24.5. The van der Waals surface area contributed by atoms with Gasteiger partial charge in [0.2, 0.25) is 0 Å². The zero-order valence-corrected chi connectivity index (χ0v) is 21.5. The standard InChI is InChI=1S/C31H31FN4O2/c1-38-24-11-9-23(10-12-24)36-20-34-29-18-33-28(17-30(37)31(29)36)26-13-8-21(16-27(26)32)25-7-3-2-6-22(25)19-35-14-4-5-15-35/h2-3,6-13,16,20,28,33H,4-5,14-15,17-19H2,1H3. The zero-order valence-electron chi connectivity index (χ0n) is 21.5. The molecule has 3 heterocycles. The molecule has 0 amide bonds. The summed E-state index contributed by atoms with van der Waals surface area (Å²) in [6.07, 6.45) is 4.29. The Morgan fingerprint density at radius 2 is 1.84 bits per heavy atom. The van der Waals surface area contributed by atoms with E-state index in [1.807, 2.05) is 48.5 Å². The third-order valence-electron chi connectivity index (χ3n) is 7.66. The number of fused-ring (bicyclic) bond motifs is 1. The molecule has 38 heavy (non-hydrogen) atoms. The van der Waals surface area contributed by atoms with Crippen molar-refractivity contribution in [1.29, 1.82) is 0 Å². The number of benzene rings is 3. The number of imidazole rings is 1. The predicted molar refractivity (Wildman–Crippen MR) is 145 cm³/mol. The summed E-state index contributed by atoms with van der Waals surface area (Å²) in [5.41, 5.74) is 5.66. The second kappa shape index (κ2) is 10.5. The van der Waals surface area contributed by atoms with Gasteiger partial charge in [0.05, 0.1) is 12.8 Å². The molecule has 1 N–H and O–H groups in total. The van der Waals surface area contributed by atoms with Gasteiger partial charge >= 0.3 is 0 Å². The van der Waals surface area contributed by atoms with Crippen molar-refractivity contribution in [2.75, 3.05) is 20.2 Å². The summed E-state index contributed by atoms with van der Waals surface area (Å²) in [7, 11) is 1.62. The number of likely N-dealkylation sites (tertiary alicyclic amines) is 1. The average molecular weight is 511 g/mol. The Morgan fingerprint density at radius 1 is 1.05 bits per heavy atom. The molecule has 1 unspecified atom stereocenters. The molecule has 0 bridgehead atoms. The summed E-state index contributed by atoms with van der Waals surface area (Å²) < 4.78 is 22.6. The van der Waals surface area contributed by atoms with Crippen molar-refractivity contribution in [2.45, 2.75) is 38.4 Å². The number of nitrogens with one attached hydrogen (secondary N) is 1. The van der Waals surface area contributed by atoms with Gasteiger partial charge < -0.3 is 10.1 Å². The SMILES string of the molecule is COc1ccc(-n2cnc3c2C(=O)CC(c2ccc(-c4ccccc4CN4CCCC4)cc2F)NC3)cc1. The normalized spacial score (nSPS) is 17.8. The van der Waals surface area contributed by atoms with Crippen molar-refractivity contribution < 1.29 is 13.9 Å². The number of carbonyl (C=O) groups excluding carboxylic acids is 1. The monoisotopic (exact) mass is 510 g/mol. The van der Waals surface area contributed by atoms with Gasteiger partial charge in [-0.15, -0.1) is 0 Å². The maximum atomic E-state index is 15.6. The Kier molecular flexibility index (Phi) is 6.79. The lowest BCUT2D eigenvalue weighted by Crippen LogP contribution is -2.21. The number of Topliss-reactive ketones (excluding diaryl/α,β-unsaturated/α-hetero) is 1. The molecule has 0 aliphatic carbocycles. The molecule has 0 radical (unpaired) electrons. The van der Waals surface area contributed by atoms with E-state index in [1.54, 1.807) is 24.1 Å². The lowest BCUT2D eigenvalue weighted by molar-refractivity contribution is 0.0966. The summed E-state index contributed by atoms with van der Waals surface area (Å²) in [4.78, 5) is 20.4. The number of hydrogen-bond donors (Lipinski definition) is 1. The molecule has 6 nitrogen and oxygen atoms in total. The number of nitrogens with zero attached hydrogens (tertiary/aromatic N) is 3. The number of aromatic nitrogens is 2. The van der Waals surface area contributed by atoms with Crippen LogP contribution in [0.1, 0.15) is 52.6 Å². The Labute approximate surface area is 222 Å². The zero-order chi connectivity index (χ0) is 26.1. The first-order valence-electron chi connectivity index (χ1n) is 13.2. The van der Waals surface area contributed by atoms with Gasteiger partial charge in [0.15, 0.2) is 5.78 Å². The Morgan fingerprint density at radius 3 is 2.61 bits per heavy atom. The van der Waals surface area contributed by atoms with Gasteiger partial charge in [0.25, 0.3) is 0 Å². The highest BCUT2D eigenvalue weighted by Gasteiger charge is 2.29. The van der Waals surface area contributed by atoms with Crippen molar-refractivity contribution in [3.63, 3.8) is 0 Å². The highest BCUT2D eigenvalue weighted by Crippen LogP contribution is 2.32. The molecule has 1 atom stereocenters. The van der Waals surface area contributed by atoms with E-state index in [-0.39, 0.29) is 18.0 Å². The molecule has 1 aromatic heterocycles. The average Bonchev–Trinajstić information content (AvgIpc) is 3.58. The van der Waals surface area contributed by atoms with E-state index in [0.29, 0.717) is 23.5 Å². The fourth-order valence-corrected chi connectivity index (χ4v) is 5.64. The summed E-state index contributed by atoms with van der Waals surface area (Å²) in [6.45, 7) is 3.48. The summed E-state index contributed by atoms with van der Waals surface area (Å²) in [5, 5.41) is 3.36. The molecule has 1 fully saturated rings. The summed E-state index contributed by atoms with van der Waals surface area (Å²) >= 11 is 0. The molecule has 1 saturated heterocycles. The molecule has 2 aliphatic rings. The maximum Gasteiger partial charge on any atom is 0.183 e. The third kappa shape index (κ3) is 4.75. The number of ether oxygens (including phenoxy) is 1. The van der Waals surface area contributed by atoms with Crippen molar-refractivity contribution in [3.05, 3.63) is 101 Å². The van der Waals surface area contributed by atoms with Crippen LogP contribution < -0.4 is 10.1 Å². The van der Waals surface area contributed by atoms with Gasteiger partial charge in [-0.3, -0.25) is 14.3 Å². The minimum atomic E-state index is -0.435. The Hall–Kier alpha value is -3.81. The van der Waals surface area contributed by atoms with Crippen LogP contribution in [0.15, 0.2) is 73.1 Å². The van der Waals surface area contributed by atoms with Crippen molar-refractivity contribution in [2.24, 2.45) is 0 Å². The molecule has 6 rings (SSSR count). The smallest absolute Gasteiger partial charge is 0.183 e. The molecular weight excluding hydrogens is 479 g/mol. The predicted octanol–water partition coefficient (Wildman–Crippen LogP) is 5.70. The second-order valence-corrected chi connectivity index (χ2v) is 10.0. The fourth-order valence-electron chi connectivity index (χ4n) is 5.64. The molecule has 7 heteroatoms. The number of rotatable bonds is 6. The number of halogens is 1. The minimum absolute atomic E-state index is 0.0669. The summed E-state index contributed by atoms with van der Waals surface area (Å²) in [5.74, 6) is 0.370. The van der Waals surface area contributed by atoms with Crippen LogP contribution in [0.4, 0.5) is 4.39 Å². The van der Waals surface area contributed by atoms with Gasteiger partial charge in [-0.2, -0.15) is 0 Å². The lowest BCUT2D eigenvalue weighted by atomic mass is 9.95. The van der Waals surface area contributed by atoms with Gasteiger partial charge in [0, 0.05) is 36.8 Å². The van der Waals surface area contributed by atoms with Crippen LogP contribution in [0.5, 0.6) is 5.75 Å². The molecule has 0 spiro atoms. The van der Waals surface area contributed by atoms with E-state index < -0.39 is 6.04 Å². The van der Waals surface area contributed by atoms with Crippen LogP contribution >= 0.6 is 0 Å². The van der Waals surface area contributed by atoms with Crippen LogP contribution in [0, 0.1) is 5.82 Å². The highest BCUT2D eigenvalue weighted by atomic mass is 19.1. The Bertz CT molecular complexity index is 1460. The molecule has 2 aliphatic heterocycles. The largest absolute Gasteiger partial charge is 0.497 e. The van der Waals surface area contributed by atoms with E-state index in [4.69, 9.17) is 4.74 Å². The van der Waals surface area contributed by atoms with E-state index in [0.717, 1.165) is 42.2 Å². The molecule has 4 aromatic rings. The number of ketones is 1. The van der Waals surface area contributed by atoms with E-state index in [9.17, 15) is 4.79 Å². The van der Waals surface area contributed by atoms with Crippen LogP contribution in [-0.4, -0.2) is 40.4 Å². The van der Waals surface area contributed by atoms with Crippen LogP contribution in [0.25, 0.3) is 16.8 Å². The number of hydrogen-bond acceptors (Lipinski definition) is 5. The third-order valence-corrected chi connectivity index (χ3v) is 7.66. The second-order valence-electron chi connectivity index (χ2n) is 10.0. The van der Waals surface area contributed by atoms with Gasteiger partial charge in [0.1, 0.15) is 23.6 Å². The van der Waals surface area contributed by atoms with E-state index in [2.05, 4.69) is 27.3 Å². The van der Waals surface area contributed by atoms with Crippen molar-refractivity contribution >= 4 is 5.78 Å². The van der Waals surface area contributed by atoms with Crippen LogP contribution in [0.3, 0.4) is 0 Å². The minimum Gasteiger partial charge on any atom is -0.497 e. The topological polar surface area (TPSA) is 59.4 Å². The molecule has 3 aromatic carbocycles. The van der Waals surface area contributed by atoms with E-state index >= 15 is 4.39 Å². The number of methoxy groups -OCH3 is 1. The van der Waals surface area contributed by atoms with E-state index in [1.165, 1.54) is 18.4 Å². The summed E-state index contributed by atoms with van der Waals surface area (Å²) in [6, 6.07) is 20.7. The molecular formula is C31H31FN4O2. The van der Waals surface area contributed by atoms with Gasteiger partial charge in [-0.1, -0.05) is 36.4 Å². The first-order valence-corrected chi connectivity index (χ1v) is 13.2. The van der Waals surface area contributed by atoms with Crippen LogP contribution in [-0.2, 0) is 13.1 Å². The lowest BCUT2D eigenvalue weighted by Gasteiger charge is -2.19. The maximum absolute atomic E-state index is 15.6. The quantitative estimate of drug-likeness (QED) is 0.361. The van der Waals surface area contributed by atoms with Gasteiger partial charge in [-0.05, 0) is 73.0 Å². The molecule has 194 valence electrons. The first-order chi connectivity index (χ1) is 18.6. The fraction of sp³-hybridized carbons (Fsp3) is 0.290. The van der Waals surface area contributed by atoms with Crippen LogP contribution in [0.2, 0.25) is 0 Å².